The third-order valence-corrected chi connectivity index (χ3v) is 4.08. The molecular weight excluding hydrogens is 358 g/mol. The summed E-state index contributed by atoms with van der Waals surface area (Å²) in [6.07, 6.45) is 1.78. The van der Waals surface area contributed by atoms with E-state index >= 15 is 0 Å². The molecule has 0 aliphatic heterocycles. The molecule has 0 saturated carbocycles. The fourth-order valence-electron chi connectivity index (χ4n) is 2.55. The Bertz CT molecular complexity index is 999. The third-order valence-electron chi connectivity index (χ3n) is 4.08. The Morgan fingerprint density at radius 1 is 1.30 bits per heavy atom. The molecule has 0 aliphatic rings. The van der Waals surface area contributed by atoms with Crippen molar-refractivity contribution in [3.63, 3.8) is 0 Å². The van der Waals surface area contributed by atoms with Crippen LogP contribution < -0.4 is 5.32 Å². The first kappa shape index (κ1) is 18.6. The number of hydrogen-bond acceptors (Lipinski definition) is 6. The molecule has 142 valence electrons. The Morgan fingerprint density at radius 3 is 2.70 bits per heavy atom. The molecule has 27 heavy (non-hydrogen) atoms. The minimum Gasteiger partial charge on any atom is -0.481 e. The standard InChI is InChI=1S/C17H18F2N6O2/c1-17(2,3)11(5-12(26)27)22-15-10(19)7-21-16(23-15)13-9-4-8(18)6-20-14(9)25-24-13/h4,6-7,11H,5H2,1-3H3,(H,26,27)(H,20,24,25)(H,21,22,23)/t11-/m1/s1. The predicted octanol–water partition coefficient (Wildman–Crippen LogP) is 2.99. The van der Waals surface area contributed by atoms with Gasteiger partial charge in [-0.2, -0.15) is 5.10 Å². The lowest BCUT2D eigenvalue weighted by atomic mass is 9.85. The lowest BCUT2D eigenvalue weighted by Gasteiger charge is -2.30. The monoisotopic (exact) mass is 376 g/mol. The van der Waals surface area contributed by atoms with Gasteiger partial charge in [0.15, 0.2) is 23.1 Å². The quantitative estimate of drug-likeness (QED) is 0.627. The number of rotatable bonds is 5. The van der Waals surface area contributed by atoms with Gasteiger partial charge < -0.3 is 10.4 Å². The Labute approximate surface area is 153 Å². The summed E-state index contributed by atoms with van der Waals surface area (Å²) in [4.78, 5) is 23.1. The van der Waals surface area contributed by atoms with E-state index in [4.69, 9.17) is 5.11 Å². The number of pyridine rings is 1. The van der Waals surface area contributed by atoms with Gasteiger partial charge in [0.05, 0.1) is 24.2 Å². The Balaban J connectivity index is 2.01. The lowest BCUT2D eigenvalue weighted by Crippen LogP contribution is -2.36. The van der Waals surface area contributed by atoms with Crippen LogP contribution in [0.1, 0.15) is 27.2 Å². The number of carboxylic acids is 1. The number of nitrogens with zero attached hydrogens (tertiary/aromatic N) is 4. The zero-order chi connectivity index (χ0) is 19.8. The van der Waals surface area contributed by atoms with Crippen molar-refractivity contribution in [1.29, 1.82) is 0 Å². The van der Waals surface area contributed by atoms with Crippen LogP contribution in [0.3, 0.4) is 0 Å². The van der Waals surface area contributed by atoms with Gasteiger partial charge >= 0.3 is 5.97 Å². The van der Waals surface area contributed by atoms with Gasteiger partial charge in [-0.05, 0) is 11.5 Å². The third kappa shape index (κ3) is 3.99. The first-order valence-corrected chi connectivity index (χ1v) is 8.16. The molecule has 8 nitrogen and oxygen atoms in total. The summed E-state index contributed by atoms with van der Waals surface area (Å²) in [5.41, 5.74) is 0.0850. The van der Waals surface area contributed by atoms with Crippen LogP contribution in [-0.4, -0.2) is 42.3 Å². The van der Waals surface area contributed by atoms with Gasteiger partial charge in [-0.3, -0.25) is 9.89 Å². The molecule has 3 N–H and O–H groups in total. The second-order valence-corrected chi connectivity index (χ2v) is 7.17. The van der Waals surface area contributed by atoms with Crippen LogP contribution >= 0.6 is 0 Å². The Hall–Kier alpha value is -3.17. The molecule has 0 radical (unpaired) electrons. The van der Waals surface area contributed by atoms with Crippen molar-refractivity contribution in [2.45, 2.75) is 33.2 Å². The summed E-state index contributed by atoms with van der Waals surface area (Å²) in [5, 5.41) is 18.9. The van der Waals surface area contributed by atoms with Crippen molar-refractivity contribution in [2.75, 3.05) is 5.32 Å². The minimum atomic E-state index is -1.02. The van der Waals surface area contributed by atoms with Gasteiger partial charge in [0, 0.05) is 6.04 Å². The molecule has 1 atom stereocenters. The average Bonchev–Trinajstić information content (AvgIpc) is 2.98. The molecular formula is C17H18F2N6O2. The Morgan fingerprint density at radius 2 is 2.04 bits per heavy atom. The molecule has 0 bridgehead atoms. The van der Waals surface area contributed by atoms with Crippen LogP contribution in [0.2, 0.25) is 0 Å². The maximum absolute atomic E-state index is 14.2. The maximum atomic E-state index is 14.2. The highest BCUT2D eigenvalue weighted by Gasteiger charge is 2.28. The first-order valence-electron chi connectivity index (χ1n) is 8.16. The number of hydrogen-bond donors (Lipinski definition) is 3. The molecule has 3 heterocycles. The van der Waals surface area contributed by atoms with Gasteiger partial charge in [0.25, 0.3) is 0 Å². The molecule has 0 unspecified atom stereocenters. The van der Waals surface area contributed by atoms with E-state index in [0.717, 1.165) is 12.4 Å². The topological polar surface area (TPSA) is 117 Å². The van der Waals surface area contributed by atoms with E-state index < -0.39 is 29.1 Å². The van der Waals surface area contributed by atoms with E-state index in [1.54, 1.807) is 0 Å². The molecule has 3 aromatic rings. The molecule has 3 rings (SSSR count). The first-order chi connectivity index (χ1) is 12.6. The van der Waals surface area contributed by atoms with Crippen LogP contribution in [0.5, 0.6) is 0 Å². The second kappa shape index (κ2) is 6.86. The number of carboxylic acid groups (broad SMARTS) is 1. The summed E-state index contributed by atoms with van der Waals surface area (Å²) in [5.74, 6) is -2.37. The van der Waals surface area contributed by atoms with Crippen LogP contribution in [0.4, 0.5) is 14.6 Å². The smallest absolute Gasteiger partial charge is 0.305 e. The number of anilines is 1. The van der Waals surface area contributed by atoms with Crippen molar-refractivity contribution in [3.05, 3.63) is 30.1 Å². The summed E-state index contributed by atoms with van der Waals surface area (Å²) >= 11 is 0. The average molecular weight is 376 g/mol. The molecule has 0 amide bonds. The number of halogens is 2. The lowest BCUT2D eigenvalue weighted by molar-refractivity contribution is -0.137. The number of fused-ring (bicyclic) bond motifs is 1. The molecule has 0 fully saturated rings. The minimum absolute atomic E-state index is 0.0804. The highest BCUT2D eigenvalue weighted by Crippen LogP contribution is 2.28. The number of aromatic nitrogens is 5. The molecule has 0 spiro atoms. The molecule has 10 heteroatoms. The fourth-order valence-corrected chi connectivity index (χ4v) is 2.55. The van der Waals surface area contributed by atoms with Gasteiger partial charge in [0.1, 0.15) is 11.5 Å². The Kier molecular flexibility index (Phi) is 4.73. The molecule has 0 aliphatic carbocycles. The van der Waals surface area contributed by atoms with Crippen molar-refractivity contribution < 1.29 is 18.7 Å². The van der Waals surface area contributed by atoms with E-state index in [2.05, 4.69) is 30.5 Å². The number of nitrogens with one attached hydrogen (secondary N) is 2. The van der Waals surface area contributed by atoms with Crippen molar-refractivity contribution in [2.24, 2.45) is 5.41 Å². The largest absolute Gasteiger partial charge is 0.481 e. The summed E-state index contributed by atoms with van der Waals surface area (Å²) in [6.45, 7) is 5.51. The van der Waals surface area contributed by atoms with Gasteiger partial charge in [-0.25, -0.2) is 23.7 Å². The SMILES string of the molecule is CC(C)(C)[C@@H](CC(=O)O)Nc1nc(-c2[nH]nc3ncc(F)cc23)ncc1F. The second-order valence-electron chi connectivity index (χ2n) is 7.17. The van der Waals surface area contributed by atoms with Crippen molar-refractivity contribution in [1.82, 2.24) is 25.1 Å². The van der Waals surface area contributed by atoms with Gasteiger partial charge in [-0.1, -0.05) is 20.8 Å². The van der Waals surface area contributed by atoms with E-state index in [9.17, 15) is 13.6 Å². The van der Waals surface area contributed by atoms with Crippen molar-refractivity contribution >= 4 is 22.8 Å². The molecule has 0 saturated heterocycles. The zero-order valence-corrected chi connectivity index (χ0v) is 14.9. The predicted molar refractivity (Wildman–Crippen MR) is 93.9 cm³/mol. The van der Waals surface area contributed by atoms with Crippen LogP contribution in [-0.2, 0) is 4.79 Å². The van der Waals surface area contributed by atoms with Crippen LogP contribution in [0.25, 0.3) is 22.6 Å². The zero-order valence-electron chi connectivity index (χ0n) is 14.9. The van der Waals surface area contributed by atoms with E-state index in [1.165, 1.54) is 6.07 Å². The molecule has 0 aromatic carbocycles. The highest BCUT2D eigenvalue weighted by atomic mass is 19.1. The van der Waals surface area contributed by atoms with Crippen LogP contribution in [0.15, 0.2) is 18.5 Å². The van der Waals surface area contributed by atoms with E-state index in [-0.39, 0.29) is 29.4 Å². The summed E-state index contributed by atoms with van der Waals surface area (Å²) < 4.78 is 27.7. The van der Waals surface area contributed by atoms with Crippen LogP contribution in [0, 0.1) is 17.0 Å². The van der Waals surface area contributed by atoms with Crippen molar-refractivity contribution in [3.8, 4) is 11.5 Å². The fraction of sp³-hybridized carbons (Fsp3) is 0.353. The normalized spacial score (nSPS) is 12.9. The summed E-state index contributed by atoms with van der Waals surface area (Å²) in [7, 11) is 0. The van der Waals surface area contributed by atoms with E-state index in [1.807, 2.05) is 20.8 Å². The number of carbonyl (C=O) groups is 1. The van der Waals surface area contributed by atoms with E-state index in [0.29, 0.717) is 5.39 Å². The summed E-state index contributed by atoms with van der Waals surface area (Å²) in [6, 6.07) is 0.647. The number of aromatic amines is 1. The highest BCUT2D eigenvalue weighted by molar-refractivity contribution is 5.88. The maximum Gasteiger partial charge on any atom is 0.305 e. The van der Waals surface area contributed by atoms with Gasteiger partial charge in [0.2, 0.25) is 0 Å². The molecule has 3 aromatic heterocycles. The number of H-pyrrole nitrogens is 1. The van der Waals surface area contributed by atoms with Gasteiger partial charge in [-0.15, -0.1) is 0 Å². The number of aliphatic carboxylic acids is 1.